The summed E-state index contributed by atoms with van der Waals surface area (Å²) in [6.07, 6.45) is -1.18. The van der Waals surface area contributed by atoms with Crippen molar-refractivity contribution in [1.82, 2.24) is 5.32 Å². The van der Waals surface area contributed by atoms with E-state index < -0.39 is 24.0 Å². The zero-order valence-electron chi connectivity index (χ0n) is 10.8. The van der Waals surface area contributed by atoms with Crippen molar-refractivity contribution >= 4 is 11.9 Å². The van der Waals surface area contributed by atoms with Crippen molar-refractivity contribution in [1.29, 1.82) is 0 Å². The van der Waals surface area contributed by atoms with Gasteiger partial charge in [0.2, 0.25) is 0 Å². The van der Waals surface area contributed by atoms with Gasteiger partial charge in [-0.15, -0.1) is 0 Å². The van der Waals surface area contributed by atoms with Gasteiger partial charge in [-0.3, -0.25) is 4.79 Å². The minimum absolute atomic E-state index is 0.301. The van der Waals surface area contributed by atoms with Crippen LogP contribution in [0, 0.1) is 0 Å². The number of benzene rings is 1. The SMILES string of the molecule is CCOc1ccc(C(=O)N[C@@H](C(=O)O)[C@H](C)O)cc1. The second kappa shape index (κ2) is 6.75. The highest BCUT2D eigenvalue weighted by atomic mass is 16.5. The van der Waals surface area contributed by atoms with Crippen molar-refractivity contribution < 1.29 is 24.5 Å². The molecule has 0 heterocycles. The molecule has 1 amide bonds. The highest BCUT2D eigenvalue weighted by molar-refractivity contribution is 5.96. The number of aliphatic hydroxyl groups is 1. The van der Waals surface area contributed by atoms with E-state index in [9.17, 15) is 14.7 Å². The van der Waals surface area contributed by atoms with Crippen molar-refractivity contribution in [3.63, 3.8) is 0 Å². The van der Waals surface area contributed by atoms with E-state index >= 15 is 0 Å². The van der Waals surface area contributed by atoms with Crippen LogP contribution in [0.2, 0.25) is 0 Å². The molecule has 1 aromatic carbocycles. The molecule has 0 saturated carbocycles. The fourth-order valence-electron chi connectivity index (χ4n) is 1.48. The van der Waals surface area contributed by atoms with E-state index in [4.69, 9.17) is 9.84 Å². The molecule has 1 aromatic rings. The molecule has 6 nitrogen and oxygen atoms in total. The standard InChI is InChI=1S/C13H17NO5/c1-3-19-10-6-4-9(5-7-10)12(16)14-11(8(2)15)13(17)18/h4-8,11,15H,3H2,1-2H3,(H,14,16)(H,17,18)/t8-,11+/m0/s1. The maximum absolute atomic E-state index is 11.8. The minimum atomic E-state index is -1.33. The van der Waals surface area contributed by atoms with E-state index in [-0.39, 0.29) is 0 Å². The van der Waals surface area contributed by atoms with Crippen molar-refractivity contribution in [3.05, 3.63) is 29.8 Å². The van der Waals surface area contributed by atoms with Crippen LogP contribution in [-0.4, -0.2) is 40.8 Å². The van der Waals surface area contributed by atoms with Crippen LogP contribution < -0.4 is 10.1 Å². The molecule has 0 saturated heterocycles. The van der Waals surface area contributed by atoms with E-state index in [1.165, 1.54) is 19.1 Å². The first-order valence-electron chi connectivity index (χ1n) is 5.90. The Balaban J connectivity index is 2.74. The predicted molar refractivity (Wildman–Crippen MR) is 68.2 cm³/mol. The number of aliphatic hydroxyl groups excluding tert-OH is 1. The quantitative estimate of drug-likeness (QED) is 0.703. The van der Waals surface area contributed by atoms with Gasteiger partial charge in [0.25, 0.3) is 5.91 Å². The van der Waals surface area contributed by atoms with Crippen LogP contribution in [0.25, 0.3) is 0 Å². The van der Waals surface area contributed by atoms with Crippen LogP contribution in [0.15, 0.2) is 24.3 Å². The van der Waals surface area contributed by atoms with E-state index in [2.05, 4.69) is 5.32 Å². The van der Waals surface area contributed by atoms with Gasteiger partial charge in [-0.2, -0.15) is 0 Å². The summed E-state index contributed by atoms with van der Waals surface area (Å²) in [6.45, 7) is 3.67. The molecular formula is C13H17NO5. The van der Waals surface area contributed by atoms with Gasteiger partial charge in [0.05, 0.1) is 12.7 Å². The molecule has 0 radical (unpaired) electrons. The molecule has 0 aliphatic heterocycles. The number of carboxylic acids is 1. The molecule has 0 aliphatic rings. The molecule has 0 bridgehead atoms. The second-order valence-electron chi connectivity index (χ2n) is 3.99. The minimum Gasteiger partial charge on any atom is -0.494 e. The fraction of sp³-hybridized carbons (Fsp3) is 0.385. The van der Waals surface area contributed by atoms with Gasteiger partial charge >= 0.3 is 5.97 Å². The molecule has 1 rings (SSSR count). The van der Waals surface area contributed by atoms with Crippen molar-refractivity contribution in [3.8, 4) is 5.75 Å². The monoisotopic (exact) mass is 267 g/mol. The molecule has 6 heteroatoms. The van der Waals surface area contributed by atoms with Crippen LogP contribution in [0.5, 0.6) is 5.75 Å². The first-order valence-corrected chi connectivity index (χ1v) is 5.90. The van der Waals surface area contributed by atoms with E-state index in [0.29, 0.717) is 17.9 Å². The first-order chi connectivity index (χ1) is 8.95. The maximum atomic E-state index is 11.8. The van der Waals surface area contributed by atoms with E-state index in [1.807, 2.05) is 6.92 Å². The molecule has 0 fully saturated rings. The molecule has 0 aromatic heterocycles. The molecule has 0 aliphatic carbocycles. The smallest absolute Gasteiger partial charge is 0.328 e. The summed E-state index contributed by atoms with van der Waals surface area (Å²) >= 11 is 0. The Hall–Kier alpha value is -2.08. The number of carbonyl (C=O) groups excluding carboxylic acids is 1. The summed E-state index contributed by atoms with van der Waals surface area (Å²) in [4.78, 5) is 22.7. The lowest BCUT2D eigenvalue weighted by molar-refractivity contribution is -0.141. The zero-order chi connectivity index (χ0) is 14.4. The van der Waals surface area contributed by atoms with Gasteiger partial charge in [0.1, 0.15) is 5.75 Å². The lowest BCUT2D eigenvalue weighted by atomic mass is 10.1. The van der Waals surface area contributed by atoms with Gasteiger partial charge in [0, 0.05) is 5.56 Å². The van der Waals surface area contributed by atoms with E-state index in [1.54, 1.807) is 12.1 Å². The molecule has 2 atom stereocenters. The topological polar surface area (TPSA) is 95.9 Å². The van der Waals surface area contributed by atoms with Crippen molar-refractivity contribution in [2.75, 3.05) is 6.61 Å². The summed E-state index contributed by atoms with van der Waals surface area (Å²) in [6, 6.07) is 4.97. The normalized spacial score (nSPS) is 13.4. The van der Waals surface area contributed by atoms with Crippen LogP contribution in [0.3, 0.4) is 0 Å². The fourth-order valence-corrected chi connectivity index (χ4v) is 1.48. The van der Waals surface area contributed by atoms with Crippen LogP contribution >= 0.6 is 0 Å². The molecule has 104 valence electrons. The third-order valence-electron chi connectivity index (χ3n) is 2.46. The van der Waals surface area contributed by atoms with Crippen molar-refractivity contribution in [2.24, 2.45) is 0 Å². The molecule has 0 unspecified atom stereocenters. The van der Waals surface area contributed by atoms with Gasteiger partial charge in [-0.05, 0) is 38.1 Å². The number of rotatable bonds is 6. The number of ether oxygens (including phenoxy) is 1. The lowest BCUT2D eigenvalue weighted by Crippen LogP contribution is -2.47. The Kier molecular flexibility index (Phi) is 5.32. The highest BCUT2D eigenvalue weighted by Crippen LogP contribution is 2.12. The molecular weight excluding hydrogens is 250 g/mol. The van der Waals surface area contributed by atoms with Gasteiger partial charge < -0.3 is 20.3 Å². The first kappa shape index (κ1) is 15.0. The lowest BCUT2D eigenvalue weighted by Gasteiger charge is -2.17. The average Bonchev–Trinajstić information content (AvgIpc) is 2.36. The molecule has 0 spiro atoms. The summed E-state index contributed by atoms with van der Waals surface area (Å²) in [7, 11) is 0. The Morgan fingerprint density at radius 2 is 1.89 bits per heavy atom. The largest absolute Gasteiger partial charge is 0.494 e. The Bertz CT molecular complexity index is 441. The number of nitrogens with one attached hydrogen (secondary N) is 1. The number of hydrogen-bond donors (Lipinski definition) is 3. The highest BCUT2D eigenvalue weighted by Gasteiger charge is 2.25. The second-order valence-corrected chi connectivity index (χ2v) is 3.99. The average molecular weight is 267 g/mol. The van der Waals surface area contributed by atoms with Crippen molar-refractivity contribution in [2.45, 2.75) is 26.0 Å². The van der Waals surface area contributed by atoms with Crippen LogP contribution in [0.4, 0.5) is 0 Å². The Morgan fingerprint density at radius 3 is 2.32 bits per heavy atom. The van der Waals surface area contributed by atoms with Gasteiger partial charge in [-0.25, -0.2) is 4.79 Å². The number of amides is 1. The molecule has 19 heavy (non-hydrogen) atoms. The predicted octanol–water partition coefficient (Wildman–Crippen LogP) is 0.649. The Labute approximate surface area is 111 Å². The van der Waals surface area contributed by atoms with Gasteiger partial charge in [0.15, 0.2) is 6.04 Å². The zero-order valence-corrected chi connectivity index (χ0v) is 10.8. The van der Waals surface area contributed by atoms with E-state index in [0.717, 1.165) is 0 Å². The number of hydrogen-bond acceptors (Lipinski definition) is 4. The number of aliphatic carboxylic acids is 1. The third kappa shape index (κ3) is 4.26. The van der Waals surface area contributed by atoms with Gasteiger partial charge in [-0.1, -0.05) is 0 Å². The summed E-state index contributed by atoms with van der Waals surface area (Å²) < 4.78 is 5.23. The molecule has 3 N–H and O–H groups in total. The maximum Gasteiger partial charge on any atom is 0.328 e. The number of carboxylic acid groups (broad SMARTS) is 1. The summed E-state index contributed by atoms with van der Waals surface area (Å²) in [5.41, 5.74) is 0.301. The Morgan fingerprint density at radius 1 is 1.32 bits per heavy atom. The summed E-state index contributed by atoms with van der Waals surface area (Å²) in [5.74, 6) is -1.21. The third-order valence-corrected chi connectivity index (χ3v) is 2.46. The van der Waals surface area contributed by atoms with Crippen LogP contribution in [-0.2, 0) is 4.79 Å². The van der Waals surface area contributed by atoms with Crippen LogP contribution in [0.1, 0.15) is 24.2 Å². The summed E-state index contributed by atoms with van der Waals surface area (Å²) in [5, 5.41) is 20.4. The number of carbonyl (C=O) groups is 2.